The van der Waals surface area contributed by atoms with Crippen molar-refractivity contribution < 1.29 is 9.53 Å². The summed E-state index contributed by atoms with van der Waals surface area (Å²) in [5.74, 6) is -0.486. The highest BCUT2D eigenvalue weighted by Gasteiger charge is 2.21. The summed E-state index contributed by atoms with van der Waals surface area (Å²) in [6, 6.07) is 7.33. The Balaban J connectivity index is 2.24. The molecule has 0 fully saturated rings. The Morgan fingerprint density at radius 2 is 2.00 bits per heavy atom. The first-order valence-electron chi connectivity index (χ1n) is 7.01. The van der Waals surface area contributed by atoms with Crippen LogP contribution < -0.4 is 5.56 Å². The van der Waals surface area contributed by atoms with Gasteiger partial charge in [0.05, 0.1) is 12.5 Å². The second-order valence-electron chi connectivity index (χ2n) is 5.22. The zero-order chi connectivity index (χ0) is 17.0. The third-order valence-corrected chi connectivity index (χ3v) is 5.34. The highest BCUT2D eigenvalue weighted by atomic mass is 35.5. The maximum Gasteiger partial charge on any atom is 0.348 e. The van der Waals surface area contributed by atoms with Crippen molar-refractivity contribution in [2.75, 3.05) is 7.11 Å². The van der Waals surface area contributed by atoms with E-state index < -0.39 is 5.97 Å². The molecular formula is C16H10ClN3O3S. The molecule has 6 nitrogen and oxygen atoms in total. The lowest BCUT2D eigenvalue weighted by Crippen LogP contribution is -2.18. The number of fused-ring (bicyclic) bond motifs is 4. The lowest BCUT2D eigenvalue weighted by molar-refractivity contribution is 0.0605. The number of thiophene rings is 1. The van der Waals surface area contributed by atoms with E-state index in [0.29, 0.717) is 31.7 Å². The van der Waals surface area contributed by atoms with Gasteiger partial charge >= 0.3 is 5.97 Å². The first-order chi connectivity index (χ1) is 11.5. The number of carbonyl (C=O) groups is 1. The van der Waals surface area contributed by atoms with Crippen LogP contribution in [0, 0.1) is 6.92 Å². The maximum atomic E-state index is 12.9. The molecule has 0 radical (unpaired) electrons. The quantitative estimate of drug-likeness (QED) is 0.385. The van der Waals surface area contributed by atoms with Crippen LogP contribution in [0.3, 0.4) is 0 Å². The van der Waals surface area contributed by atoms with Gasteiger partial charge in [-0.1, -0.05) is 35.9 Å². The number of hydrogen-bond acceptors (Lipinski definition) is 6. The van der Waals surface area contributed by atoms with Gasteiger partial charge in [-0.15, -0.1) is 11.3 Å². The second kappa shape index (κ2) is 5.25. The first kappa shape index (κ1) is 15.0. The lowest BCUT2D eigenvalue weighted by Gasteiger charge is -2.05. The Hall–Kier alpha value is -2.51. The monoisotopic (exact) mass is 359 g/mol. The largest absolute Gasteiger partial charge is 0.465 e. The number of aryl methyl sites for hydroxylation is 1. The number of rotatable bonds is 1. The predicted molar refractivity (Wildman–Crippen MR) is 93.2 cm³/mol. The molecule has 1 aromatic carbocycles. The SMILES string of the molecule is COC(=O)c1sc2nc3c4ccccc4c(Cl)nn3c(=O)c2c1C. The minimum Gasteiger partial charge on any atom is -0.465 e. The van der Waals surface area contributed by atoms with Crippen molar-refractivity contribution in [3.63, 3.8) is 0 Å². The molecule has 0 saturated carbocycles. The zero-order valence-electron chi connectivity index (χ0n) is 12.7. The third-order valence-electron chi connectivity index (χ3n) is 3.89. The van der Waals surface area contributed by atoms with Crippen LogP contribution in [0.25, 0.3) is 26.6 Å². The molecule has 0 saturated heterocycles. The maximum absolute atomic E-state index is 12.9. The van der Waals surface area contributed by atoms with Crippen LogP contribution in [-0.4, -0.2) is 27.7 Å². The van der Waals surface area contributed by atoms with E-state index in [9.17, 15) is 9.59 Å². The summed E-state index contributed by atoms with van der Waals surface area (Å²) < 4.78 is 5.96. The molecule has 3 heterocycles. The van der Waals surface area contributed by atoms with Crippen LogP contribution in [0.2, 0.25) is 5.15 Å². The lowest BCUT2D eigenvalue weighted by atomic mass is 10.2. The number of hydrogen-bond donors (Lipinski definition) is 0. The van der Waals surface area contributed by atoms with Crippen LogP contribution in [0.1, 0.15) is 15.2 Å². The number of ether oxygens (including phenoxy) is 1. The fourth-order valence-electron chi connectivity index (χ4n) is 2.73. The molecular weight excluding hydrogens is 350 g/mol. The topological polar surface area (TPSA) is 73.6 Å². The van der Waals surface area contributed by atoms with Gasteiger partial charge in [0, 0.05) is 10.8 Å². The van der Waals surface area contributed by atoms with Gasteiger partial charge in [0.15, 0.2) is 10.8 Å². The Bertz CT molecular complexity index is 1210. The second-order valence-corrected chi connectivity index (χ2v) is 6.57. The molecule has 0 spiro atoms. The van der Waals surface area contributed by atoms with Gasteiger partial charge in [0.2, 0.25) is 0 Å². The van der Waals surface area contributed by atoms with Gasteiger partial charge in [-0.2, -0.15) is 9.61 Å². The van der Waals surface area contributed by atoms with Crippen LogP contribution >= 0.6 is 22.9 Å². The molecule has 120 valence electrons. The van der Waals surface area contributed by atoms with Crippen LogP contribution in [0.4, 0.5) is 0 Å². The highest BCUT2D eigenvalue weighted by Crippen LogP contribution is 2.30. The van der Waals surface area contributed by atoms with E-state index >= 15 is 0 Å². The molecule has 0 aliphatic rings. The standard InChI is InChI=1S/C16H10ClN3O3S/c1-7-10-14(24-11(7)16(22)23-2)18-13-9-6-4-3-5-8(9)12(17)19-20(13)15(10)21/h3-6H,1-2H3. The van der Waals surface area contributed by atoms with Gasteiger partial charge in [-0.25, -0.2) is 9.78 Å². The molecule has 4 aromatic rings. The Labute approximate surface area is 144 Å². The summed E-state index contributed by atoms with van der Waals surface area (Å²) in [6.45, 7) is 1.70. The minimum atomic E-state index is -0.486. The van der Waals surface area contributed by atoms with Gasteiger partial charge in [0.25, 0.3) is 5.56 Å². The molecule has 3 aromatic heterocycles. The summed E-state index contributed by atoms with van der Waals surface area (Å²) in [6.07, 6.45) is 0. The molecule has 0 unspecified atom stereocenters. The van der Waals surface area contributed by atoms with E-state index in [2.05, 4.69) is 10.1 Å². The average Bonchev–Trinajstić information content (AvgIpc) is 2.93. The molecule has 0 aliphatic heterocycles. The molecule has 8 heteroatoms. The van der Waals surface area contributed by atoms with Gasteiger partial charge in [-0.3, -0.25) is 4.79 Å². The molecule has 24 heavy (non-hydrogen) atoms. The van der Waals surface area contributed by atoms with E-state index in [0.717, 1.165) is 16.7 Å². The zero-order valence-corrected chi connectivity index (χ0v) is 14.2. The van der Waals surface area contributed by atoms with E-state index in [1.165, 1.54) is 11.6 Å². The minimum absolute atomic E-state index is 0.224. The molecule has 4 rings (SSSR count). The molecule has 0 aliphatic carbocycles. The molecule has 0 bridgehead atoms. The Morgan fingerprint density at radius 1 is 1.29 bits per heavy atom. The Morgan fingerprint density at radius 3 is 2.71 bits per heavy atom. The number of aromatic nitrogens is 3. The van der Waals surface area contributed by atoms with Crippen molar-refractivity contribution >= 4 is 55.5 Å². The van der Waals surface area contributed by atoms with E-state index in [-0.39, 0.29) is 10.7 Å². The number of benzene rings is 1. The molecule has 0 N–H and O–H groups in total. The van der Waals surface area contributed by atoms with Gasteiger partial charge in [-0.05, 0) is 12.5 Å². The summed E-state index contributed by atoms with van der Waals surface area (Å²) >= 11 is 7.35. The van der Waals surface area contributed by atoms with Crippen LogP contribution in [-0.2, 0) is 4.74 Å². The molecule has 0 amide bonds. The fourth-order valence-corrected chi connectivity index (χ4v) is 4.06. The van der Waals surface area contributed by atoms with Crippen molar-refractivity contribution in [1.29, 1.82) is 0 Å². The molecule has 0 atom stereocenters. The number of nitrogens with zero attached hydrogens (tertiary/aromatic N) is 3. The highest BCUT2D eigenvalue weighted by molar-refractivity contribution is 7.20. The Kier molecular flexibility index (Phi) is 3.29. The fraction of sp³-hybridized carbons (Fsp3) is 0.125. The van der Waals surface area contributed by atoms with Gasteiger partial charge < -0.3 is 4.74 Å². The summed E-state index contributed by atoms with van der Waals surface area (Å²) in [7, 11) is 1.30. The third kappa shape index (κ3) is 1.95. The number of esters is 1. The predicted octanol–water partition coefficient (Wildman–Crippen LogP) is 3.21. The van der Waals surface area contributed by atoms with Crippen molar-refractivity contribution in [3.8, 4) is 0 Å². The van der Waals surface area contributed by atoms with E-state index in [1.54, 1.807) is 6.92 Å². The van der Waals surface area contributed by atoms with Crippen molar-refractivity contribution in [2.45, 2.75) is 6.92 Å². The first-order valence-corrected chi connectivity index (χ1v) is 8.21. The van der Waals surface area contributed by atoms with Crippen LogP contribution in [0.15, 0.2) is 29.1 Å². The van der Waals surface area contributed by atoms with Crippen molar-refractivity contribution in [2.24, 2.45) is 0 Å². The van der Waals surface area contributed by atoms with Crippen LogP contribution in [0.5, 0.6) is 0 Å². The van der Waals surface area contributed by atoms with E-state index in [4.69, 9.17) is 16.3 Å². The summed E-state index contributed by atoms with van der Waals surface area (Å²) in [5, 5.41) is 6.19. The number of halogens is 1. The van der Waals surface area contributed by atoms with Gasteiger partial charge in [0.1, 0.15) is 9.71 Å². The van der Waals surface area contributed by atoms with E-state index in [1.807, 2.05) is 24.3 Å². The smallest absolute Gasteiger partial charge is 0.348 e. The van der Waals surface area contributed by atoms with Crippen molar-refractivity contribution in [3.05, 3.63) is 50.2 Å². The van der Waals surface area contributed by atoms with Crippen molar-refractivity contribution in [1.82, 2.24) is 14.6 Å². The summed E-state index contributed by atoms with van der Waals surface area (Å²) in [5.41, 5.74) is 0.594. The summed E-state index contributed by atoms with van der Waals surface area (Å²) in [4.78, 5) is 30.2. The normalized spacial score (nSPS) is 11.5. The number of methoxy groups -OCH3 is 1. The average molecular weight is 360 g/mol. The number of carbonyl (C=O) groups excluding carboxylic acids is 1.